The Labute approximate surface area is 119 Å². The Morgan fingerprint density at radius 2 is 1.76 bits per heavy atom. The fraction of sp³-hybridized carbons (Fsp3) is 0.286. The summed E-state index contributed by atoms with van der Waals surface area (Å²) in [6, 6.07) is 8.27. The summed E-state index contributed by atoms with van der Waals surface area (Å²) in [6.45, 7) is -1.91. The van der Waals surface area contributed by atoms with Gasteiger partial charge in [0.05, 0.1) is 19.8 Å². The van der Waals surface area contributed by atoms with Crippen molar-refractivity contribution in [3.63, 3.8) is 0 Å². The number of carbonyl (C=O) groups is 1. The number of aromatic amines is 1. The van der Waals surface area contributed by atoms with E-state index in [2.05, 4.69) is 10.3 Å². The molecule has 0 saturated carbocycles. The molecular formula is C14H16N2O5. The van der Waals surface area contributed by atoms with Gasteiger partial charge in [0.2, 0.25) is 0 Å². The SMILES string of the molecule is O=C(NC(CO)(CO)CO)c1cc2ccccc2c(=O)[nH]1. The van der Waals surface area contributed by atoms with E-state index in [1.165, 1.54) is 6.07 Å². The van der Waals surface area contributed by atoms with Gasteiger partial charge in [0.25, 0.3) is 11.5 Å². The average Bonchev–Trinajstić information content (AvgIpc) is 2.52. The number of hydrogen-bond donors (Lipinski definition) is 5. The average molecular weight is 292 g/mol. The van der Waals surface area contributed by atoms with Gasteiger partial charge in [0, 0.05) is 5.39 Å². The monoisotopic (exact) mass is 292 g/mol. The molecule has 1 amide bonds. The van der Waals surface area contributed by atoms with E-state index in [0.717, 1.165) is 0 Å². The number of hydrogen-bond acceptors (Lipinski definition) is 5. The van der Waals surface area contributed by atoms with E-state index in [1.807, 2.05) is 0 Å². The molecule has 2 rings (SSSR count). The maximum atomic E-state index is 12.1. The molecule has 2 aromatic rings. The van der Waals surface area contributed by atoms with E-state index in [4.69, 9.17) is 0 Å². The van der Waals surface area contributed by atoms with Crippen LogP contribution >= 0.6 is 0 Å². The lowest BCUT2D eigenvalue weighted by Crippen LogP contribution is -2.57. The highest BCUT2D eigenvalue weighted by atomic mass is 16.3. The molecule has 7 heteroatoms. The summed E-state index contributed by atoms with van der Waals surface area (Å²) in [4.78, 5) is 26.4. The second kappa shape index (κ2) is 6.04. The molecule has 1 aromatic heterocycles. The van der Waals surface area contributed by atoms with Gasteiger partial charge in [-0.3, -0.25) is 9.59 Å². The summed E-state index contributed by atoms with van der Waals surface area (Å²) >= 11 is 0. The number of benzene rings is 1. The second-order valence-corrected chi connectivity index (χ2v) is 4.81. The van der Waals surface area contributed by atoms with E-state index in [-0.39, 0.29) is 5.69 Å². The summed E-state index contributed by atoms with van der Waals surface area (Å²) in [5.41, 5.74) is -1.97. The number of nitrogens with one attached hydrogen (secondary N) is 2. The molecule has 0 aliphatic carbocycles. The Balaban J connectivity index is 2.38. The molecule has 7 nitrogen and oxygen atoms in total. The van der Waals surface area contributed by atoms with Crippen molar-refractivity contribution in [2.75, 3.05) is 19.8 Å². The third-order valence-electron chi connectivity index (χ3n) is 3.28. The minimum absolute atomic E-state index is 0.0153. The zero-order valence-corrected chi connectivity index (χ0v) is 11.2. The summed E-state index contributed by atoms with van der Waals surface area (Å²) in [7, 11) is 0. The zero-order chi connectivity index (χ0) is 15.5. The quantitative estimate of drug-likeness (QED) is 0.482. The van der Waals surface area contributed by atoms with Crippen LogP contribution in [0.1, 0.15) is 10.5 Å². The lowest BCUT2D eigenvalue weighted by atomic mass is 10.0. The van der Waals surface area contributed by atoms with E-state index in [1.54, 1.807) is 24.3 Å². The van der Waals surface area contributed by atoms with Crippen molar-refractivity contribution in [2.45, 2.75) is 5.54 Å². The van der Waals surface area contributed by atoms with Crippen LogP contribution in [0.4, 0.5) is 0 Å². The number of rotatable bonds is 5. The highest BCUT2D eigenvalue weighted by molar-refractivity contribution is 5.96. The maximum Gasteiger partial charge on any atom is 0.268 e. The first-order valence-corrected chi connectivity index (χ1v) is 6.32. The summed E-state index contributed by atoms with van der Waals surface area (Å²) in [5, 5.41) is 30.9. The van der Waals surface area contributed by atoms with Gasteiger partial charge < -0.3 is 25.6 Å². The summed E-state index contributed by atoms with van der Waals surface area (Å²) < 4.78 is 0. The first kappa shape index (κ1) is 15.2. The van der Waals surface area contributed by atoms with Crippen LogP contribution in [-0.4, -0.2) is 51.6 Å². The number of aromatic nitrogens is 1. The van der Waals surface area contributed by atoms with Gasteiger partial charge in [0.1, 0.15) is 11.2 Å². The van der Waals surface area contributed by atoms with Crippen LogP contribution in [0, 0.1) is 0 Å². The first-order chi connectivity index (χ1) is 10.0. The van der Waals surface area contributed by atoms with Gasteiger partial charge in [-0.1, -0.05) is 18.2 Å². The molecule has 1 aromatic carbocycles. The largest absolute Gasteiger partial charge is 0.394 e. The molecule has 0 saturated heterocycles. The number of H-pyrrole nitrogens is 1. The smallest absolute Gasteiger partial charge is 0.268 e. The molecular weight excluding hydrogens is 276 g/mol. The van der Waals surface area contributed by atoms with E-state index in [9.17, 15) is 24.9 Å². The molecule has 0 spiro atoms. The van der Waals surface area contributed by atoms with Gasteiger partial charge in [-0.2, -0.15) is 0 Å². The van der Waals surface area contributed by atoms with Crippen molar-refractivity contribution in [1.82, 2.24) is 10.3 Å². The predicted molar refractivity (Wildman–Crippen MR) is 76.0 cm³/mol. The Hall–Kier alpha value is -2.22. The number of amides is 1. The van der Waals surface area contributed by atoms with Gasteiger partial charge >= 0.3 is 0 Å². The molecule has 0 fully saturated rings. The number of pyridine rings is 1. The molecule has 112 valence electrons. The van der Waals surface area contributed by atoms with E-state index >= 15 is 0 Å². The van der Waals surface area contributed by atoms with Crippen LogP contribution in [0.25, 0.3) is 10.8 Å². The van der Waals surface area contributed by atoms with Crippen molar-refractivity contribution >= 4 is 16.7 Å². The van der Waals surface area contributed by atoms with Crippen LogP contribution in [0.2, 0.25) is 0 Å². The Morgan fingerprint density at radius 3 is 2.38 bits per heavy atom. The minimum atomic E-state index is -1.54. The molecule has 0 bridgehead atoms. The van der Waals surface area contributed by atoms with Crippen molar-refractivity contribution in [2.24, 2.45) is 0 Å². The standard InChI is InChI=1S/C14H16N2O5/c17-6-14(7-18,8-19)16-13(21)11-5-9-3-1-2-4-10(9)12(20)15-11/h1-5,17-19H,6-8H2,(H,15,20)(H,16,21). The van der Waals surface area contributed by atoms with Gasteiger partial charge in [-0.05, 0) is 17.5 Å². The minimum Gasteiger partial charge on any atom is -0.394 e. The zero-order valence-electron chi connectivity index (χ0n) is 11.2. The van der Waals surface area contributed by atoms with Crippen molar-refractivity contribution in [3.05, 3.63) is 46.4 Å². The first-order valence-electron chi connectivity index (χ1n) is 6.32. The van der Waals surface area contributed by atoms with E-state index in [0.29, 0.717) is 10.8 Å². The van der Waals surface area contributed by atoms with Crippen LogP contribution in [0.5, 0.6) is 0 Å². The normalized spacial score (nSPS) is 11.6. The van der Waals surface area contributed by atoms with Crippen molar-refractivity contribution in [3.8, 4) is 0 Å². The van der Waals surface area contributed by atoms with Gasteiger partial charge in [0.15, 0.2) is 0 Å². The third-order valence-corrected chi connectivity index (χ3v) is 3.28. The summed E-state index contributed by atoms with van der Waals surface area (Å²) in [6.07, 6.45) is 0. The van der Waals surface area contributed by atoms with Crippen LogP contribution in [0.3, 0.4) is 0 Å². The molecule has 0 aliphatic rings. The highest BCUT2D eigenvalue weighted by Gasteiger charge is 2.30. The highest BCUT2D eigenvalue weighted by Crippen LogP contribution is 2.11. The maximum absolute atomic E-state index is 12.1. The van der Waals surface area contributed by atoms with Gasteiger partial charge in [-0.25, -0.2) is 0 Å². The molecule has 0 radical (unpaired) electrons. The van der Waals surface area contributed by atoms with Crippen LogP contribution in [0.15, 0.2) is 35.1 Å². The third kappa shape index (κ3) is 2.94. The lowest BCUT2D eigenvalue weighted by molar-refractivity contribution is 0.0373. The van der Waals surface area contributed by atoms with Crippen molar-refractivity contribution < 1.29 is 20.1 Å². The fourth-order valence-electron chi connectivity index (χ4n) is 1.91. The molecule has 1 heterocycles. The van der Waals surface area contributed by atoms with Crippen molar-refractivity contribution in [1.29, 1.82) is 0 Å². The Kier molecular flexibility index (Phi) is 4.37. The number of fused-ring (bicyclic) bond motifs is 1. The Bertz CT molecular complexity index is 698. The van der Waals surface area contributed by atoms with Gasteiger partial charge in [-0.15, -0.1) is 0 Å². The second-order valence-electron chi connectivity index (χ2n) is 4.81. The van der Waals surface area contributed by atoms with Crippen LogP contribution < -0.4 is 10.9 Å². The number of aliphatic hydroxyl groups is 3. The van der Waals surface area contributed by atoms with Crippen LogP contribution in [-0.2, 0) is 0 Å². The topological polar surface area (TPSA) is 123 Å². The molecule has 5 N–H and O–H groups in total. The predicted octanol–water partition coefficient (Wildman–Crippen LogP) is -1.03. The molecule has 0 aliphatic heterocycles. The number of carbonyl (C=O) groups excluding carboxylic acids is 1. The molecule has 21 heavy (non-hydrogen) atoms. The lowest BCUT2D eigenvalue weighted by Gasteiger charge is -2.28. The Morgan fingerprint density at radius 1 is 1.14 bits per heavy atom. The fourth-order valence-corrected chi connectivity index (χ4v) is 1.91. The number of aliphatic hydroxyl groups excluding tert-OH is 3. The van der Waals surface area contributed by atoms with E-state index < -0.39 is 36.8 Å². The molecule has 0 unspecified atom stereocenters. The molecule has 0 atom stereocenters. The summed E-state index contributed by atoms with van der Waals surface area (Å²) in [5.74, 6) is -0.699.